The lowest BCUT2D eigenvalue weighted by Crippen LogP contribution is -2.42. The third-order valence-corrected chi connectivity index (χ3v) is 2.51. The van der Waals surface area contributed by atoms with Gasteiger partial charge in [-0.15, -0.1) is 0 Å². The van der Waals surface area contributed by atoms with Crippen molar-refractivity contribution in [2.24, 2.45) is 5.73 Å². The molecule has 0 aliphatic carbocycles. The van der Waals surface area contributed by atoms with Crippen molar-refractivity contribution in [3.05, 3.63) is 29.3 Å². The van der Waals surface area contributed by atoms with Gasteiger partial charge in [0.25, 0.3) is 0 Å². The number of methoxy groups -OCH3 is 1. The molecular formula is C12H19NO2. The van der Waals surface area contributed by atoms with E-state index < -0.39 is 5.54 Å². The molecule has 3 heteroatoms. The van der Waals surface area contributed by atoms with E-state index in [-0.39, 0.29) is 6.61 Å². The van der Waals surface area contributed by atoms with E-state index in [1.807, 2.05) is 32.0 Å². The van der Waals surface area contributed by atoms with E-state index in [2.05, 4.69) is 0 Å². The van der Waals surface area contributed by atoms with Gasteiger partial charge in [-0.3, -0.25) is 0 Å². The fourth-order valence-corrected chi connectivity index (χ4v) is 1.48. The van der Waals surface area contributed by atoms with E-state index in [0.717, 1.165) is 16.9 Å². The lowest BCUT2D eigenvalue weighted by molar-refractivity contribution is 0.208. The molecule has 0 radical (unpaired) electrons. The minimum Gasteiger partial charge on any atom is -0.497 e. The summed E-state index contributed by atoms with van der Waals surface area (Å²) in [6.45, 7) is 3.85. The van der Waals surface area contributed by atoms with Gasteiger partial charge in [0, 0.05) is 5.54 Å². The normalized spacial score (nSPS) is 14.7. The summed E-state index contributed by atoms with van der Waals surface area (Å²) < 4.78 is 5.13. The van der Waals surface area contributed by atoms with Crippen molar-refractivity contribution in [1.29, 1.82) is 0 Å². The Bertz CT molecular complexity index is 334. The number of aryl methyl sites for hydroxylation is 1. The molecular weight excluding hydrogens is 190 g/mol. The maximum absolute atomic E-state index is 9.10. The van der Waals surface area contributed by atoms with E-state index in [9.17, 15) is 0 Å². The average molecular weight is 209 g/mol. The summed E-state index contributed by atoms with van der Waals surface area (Å²) in [7, 11) is 1.65. The van der Waals surface area contributed by atoms with Gasteiger partial charge in [0.05, 0.1) is 13.7 Å². The number of hydrogen-bond donors (Lipinski definition) is 2. The van der Waals surface area contributed by atoms with Gasteiger partial charge in [0.15, 0.2) is 0 Å². The minimum absolute atomic E-state index is 0.0154. The number of benzene rings is 1. The minimum atomic E-state index is -0.556. The number of aliphatic hydroxyl groups is 1. The van der Waals surface area contributed by atoms with Gasteiger partial charge in [0.2, 0.25) is 0 Å². The Morgan fingerprint density at radius 3 is 2.60 bits per heavy atom. The van der Waals surface area contributed by atoms with Gasteiger partial charge in [-0.1, -0.05) is 6.07 Å². The van der Waals surface area contributed by atoms with Crippen molar-refractivity contribution < 1.29 is 9.84 Å². The maximum Gasteiger partial charge on any atom is 0.119 e. The standard InChI is InChI=1S/C12H19NO2/c1-9-6-11(15-3)5-4-10(9)7-12(2,13)8-14/h4-6,14H,7-8,13H2,1-3H3. The van der Waals surface area contributed by atoms with E-state index in [0.29, 0.717) is 6.42 Å². The molecule has 84 valence electrons. The summed E-state index contributed by atoms with van der Waals surface area (Å²) >= 11 is 0. The number of rotatable bonds is 4. The van der Waals surface area contributed by atoms with E-state index in [4.69, 9.17) is 15.6 Å². The first-order chi connectivity index (χ1) is 6.98. The zero-order valence-electron chi connectivity index (χ0n) is 9.58. The molecule has 0 saturated carbocycles. The zero-order chi connectivity index (χ0) is 11.5. The van der Waals surface area contributed by atoms with Gasteiger partial charge in [-0.05, 0) is 43.5 Å². The maximum atomic E-state index is 9.10. The van der Waals surface area contributed by atoms with Crippen LogP contribution in [-0.2, 0) is 6.42 Å². The molecule has 1 aromatic carbocycles. The van der Waals surface area contributed by atoms with Crippen molar-refractivity contribution in [1.82, 2.24) is 0 Å². The van der Waals surface area contributed by atoms with Crippen molar-refractivity contribution in [3.8, 4) is 5.75 Å². The summed E-state index contributed by atoms with van der Waals surface area (Å²) in [5, 5.41) is 9.10. The second-order valence-corrected chi connectivity index (χ2v) is 4.28. The lowest BCUT2D eigenvalue weighted by Gasteiger charge is -2.22. The second-order valence-electron chi connectivity index (χ2n) is 4.28. The molecule has 1 aromatic rings. The molecule has 0 fully saturated rings. The van der Waals surface area contributed by atoms with Gasteiger partial charge in [-0.2, -0.15) is 0 Å². The van der Waals surface area contributed by atoms with Crippen LogP contribution in [0, 0.1) is 6.92 Å². The molecule has 15 heavy (non-hydrogen) atoms. The molecule has 1 unspecified atom stereocenters. The number of ether oxygens (including phenoxy) is 1. The predicted octanol–water partition coefficient (Wildman–Crippen LogP) is 1.26. The van der Waals surface area contributed by atoms with Crippen molar-refractivity contribution >= 4 is 0 Å². The molecule has 0 spiro atoms. The third kappa shape index (κ3) is 3.22. The van der Waals surface area contributed by atoms with Gasteiger partial charge >= 0.3 is 0 Å². The summed E-state index contributed by atoms with van der Waals surface area (Å²) in [4.78, 5) is 0. The van der Waals surface area contributed by atoms with E-state index in [1.165, 1.54) is 0 Å². The van der Waals surface area contributed by atoms with E-state index in [1.54, 1.807) is 7.11 Å². The molecule has 0 aliphatic rings. The number of aliphatic hydroxyl groups excluding tert-OH is 1. The fourth-order valence-electron chi connectivity index (χ4n) is 1.48. The van der Waals surface area contributed by atoms with Crippen LogP contribution in [0.25, 0.3) is 0 Å². The Hall–Kier alpha value is -1.06. The van der Waals surface area contributed by atoms with Crippen molar-refractivity contribution in [2.45, 2.75) is 25.8 Å². The van der Waals surface area contributed by atoms with Gasteiger partial charge in [-0.25, -0.2) is 0 Å². The van der Waals surface area contributed by atoms with Crippen LogP contribution in [0.5, 0.6) is 5.75 Å². The first kappa shape index (κ1) is 12.0. The zero-order valence-corrected chi connectivity index (χ0v) is 9.58. The summed E-state index contributed by atoms with van der Waals surface area (Å²) in [6.07, 6.45) is 0.666. The average Bonchev–Trinajstić information content (AvgIpc) is 2.21. The Morgan fingerprint density at radius 2 is 2.13 bits per heavy atom. The molecule has 1 rings (SSSR count). The summed E-state index contributed by atoms with van der Waals surface area (Å²) in [5.74, 6) is 0.846. The fraction of sp³-hybridized carbons (Fsp3) is 0.500. The van der Waals surface area contributed by atoms with Crippen LogP contribution >= 0.6 is 0 Å². The highest BCUT2D eigenvalue weighted by molar-refractivity contribution is 5.35. The second kappa shape index (κ2) is 4.64. The highest BCUT2D eigenvalue weighted by atomic mass is 16.5. The number of hydrogen-bond acceptors (Lipinski definition) is 3. The molecule has 0 aromatic heterocycles. The Kier molecular flexibility index (Phi) is 3.72. The Balaban J connectivity index is 2.87. The smallest absolute Gasteiger partial charge is 0.119 e. The van der Waals surface area contributed by atoms with E-state index >= 15 is 0 Å². The lowest BCUT2D eigenvalue weighted by atomic mass is 9.92. The van der Waals surface area contributed by atoms with Crippen molar-refractivity contribution in [2.75, 3.05) is 13.7 Å². The Morgan fingerprint density at radius 1 is 1.47 bits per heavy atom. The van der Waals surface area contributed by atoms with Crippen LogP contribution in [0.15, 0.2) is 18.2 Å². The molecule has 0 amide bonds. The van der Waals surface area contributed by atoms with Crippen LogP contribution < -0.4 is 10.5 Å². The molecule has 0 saturated heterocycles. The molecule has 0 aliphatic heterocycles. The van der Waals surface area contributed by atoms with Crippen LogP contribution in [0.2, 0.25) is 0 Å². The van der Waals surface area contributed by atoms with Crippen molar-refractivity contribution in [3.63, 3.8) is 0 Å². The predicted molar refractivity (Wildman–Crippen MR) is 61.1 cm³/mol. The van der Waals surface area contributed by atoms with Gasteiger partial charge < -0.3 is 15.6 Å². The van der Waals surface area contributed by atoms with Crippen LogP contribution in [0.1, 0.15) is 18.1 Å². The summed E-state index contributed by atoms with van der Waals surface area (Å²) in [5.41, 5.74) is 7.64. The monoisotopic (exact) mass is 209 g/mol. The van der Waals surface area contributed by atoms with Crippen LogP contribution in [0.4, 0.5) is 0 Å². The first-order valence-corrected chi connectivity index (χ1v) is 5.02. The summed E-state index contributed by atoms with van der Waals surface area (Å²) in [6, 6.07) is 5.88. The van der Waals surface area contributed by atoms with Gasteiger partial charge in [0.1, 0.15) is 5.75 Å². The largest absolute Gasteiger partial charge is 0.497 e. The highest BCUT2D eigenvalue weighted by Crippen LogP contribution is 2.20. The molecule has 0 bridgehead atoms. The molecule has 3 nitrogen and oxygen atoms in total. The SMILES string of the molecule is COc1ccc(CC(C)(N)CO)c(C)c1. The quantitative estimate of drug-likeness (QED) is 0.784. The first-order valence-electron chi connectivity index (χ1n) is 5.02. The third-order valence-electron chi connectivity index (χ3n) is 2.51. The molecule has 0 heterocycles. The Labute approximate surface area is 90.9 Å². The highest BCUT2D eigenvalue weighted by Gasteiger charge is 2.18. The van der Waals surface area contributed by atoms with Crippen LogP contribution in [-0.4, -0.2) is 24.4 Å². The molecule has 3 N–H and O–H groups in total. The molecule has 1 atom stereocenters. The number of nitrogens with two attached hydrogens (primary N) is 1. The topological polar surface area (TPSA) is 55.5 Å². The van der Waals surface area contributed by atoms with Crippen LogP contribution in [0.3, 0.4) is 0 Å².